The number of carbonyl (C=O) groups excluding carboxylic acids is 1. The third kappa shape index (κ3) is 1.70. The van der Waals surface area contributed by atoms with Crippen LogP contribution in [0.4, 0.5) is 0 Å². The Balaban J connectivity index is 2.17. The van der Waals surface area contributed by atoms with E-state index >= 15 is 0 Å². The molecule has 1 atom stereocenters. The summed E-state index contributed by atoms with van der Waals surface area (Å²) in [6.45, 7) is 0. The van der Waals surface area contributed by atoms with Gasteiger partial charge in [0.15, 0.2) is 6.29 Å². The van der Waals surface area contributed by atoms with Crippen molar-refractivity contribution in [2.24, 2.45) is 5.10 Å². The number of nitrogens with zero attached hydrogens (tertiary/aromatic N) is 1. The first-order valence-electron chi connectivity index (χ1n) is 4.01. The topological polar surface area (TPSA) is 50.7 Å². The van der Waals surface area contributed by atoms with Crippen molar-refractivity contribution in [3.63, 3.8) is 0 Å². The number of halogens is 1. The van der Waals surface area contributed by atoms with E-state index < -0.39 is 6.23 Å². The largest absolute Gasteiger partial charge is 0.444 e. The Hall–Kier alpha value is -1.55. The van der Waals surface area contributed by atoms with E-state index in [2.05, 4.69) is 10.5 Å². The predicted octanol–water partition coefficient (Wildman–Crippen LogP) is 1.15. The van der Waals surface area contributed by atoms with Gasteiger partial charge in [0.2, 0.25) is 12.1 Å². The summed E-state index contributed by atoms with van der Waals surface area (Å²) in [5, 5.41) is 4.50. The zero-order valence-corrected chi connectivity index (χ0v) is 7.86. The van der Waals surface area contributed by atoms with Crippen molar-refractivity contribution in [2.45, 2.75) is 6.23 Å². The molecule has 0 spiro atoms. The van der Waals surface area contributed by atoms with Gasteiger partial charge >= 0.3 is 0 Å². The van der Waals surface area contributed by atoms with Crippen molar-refractivity contribution in [1.29, 1.82) is 0 Å². The van der Waals surface area contributed by atoms with E-state index in [1.165, 1.54) is 0 Å². The van der Waals surface area contributed by atoms with Gasteiger partial charge in [-0.05, 0) is 24.3 Å². The number of aldehydes is 1. The van der Waals surface area contributed by atoms with Crippen molar-refractivity contribution in [2.75, 3.05) is 0 Å². The molecule has 72 valence electrons. The minimum absolute atomic E-state index is 0.402. The quantitative estimate of drug-likeness (QED) is 0.745. The summed E-state index contributed by atoms with van der Waals surface area (Å²) < 4.78 is 5.16. The summed E-state index contributed by atoms with van der Waals surface area (Å²) in [5.41, 5.74) is 3.32. The zero-order valence-electron chi connectivity index (χ0n) is 7.11. The van der Waals surface area contributed by atoms with Gasteiger partial charge < -0.3 is 4.74 Å². The molecule has 5 heteroatoms. The van der Waals surface area contributed by atoms with Gasteiger partial charge in [0.05, 0.1) is 0 Å². The Morgan fingerprint density at radius 1 is 1.43 bits per heavy atom. The second-order valence-electron chi connectivity index (χ2n) is 2.73. The van der Waals surface area contributed by atoms with Crippen molar-refractivity contribution in [3.05, 3.63) is 34.9 Å². The number of hydrogen-bond acceptors (Lipinski definition) is 4. The molecule has 1 heterocycles. The van der Waals surface area contributed by atoms with Crippen LogP contribution >= 0.6 is 11.6 Å². The number of ether oxygens (including phenoxy) is 1. The van der Waals surface area contributed by atoms with Crippen LogP contribution in [0, 0.1) is 0 Å². The Labute approximate surface area is 85.5 Å². The number of nitrogens with one attached hydrogen (secondary N) is 1. The highest BCUT2D eigenvalue weighted by atomic mass is 35.5. The van der Waals surface area contributed by atoms with E-state index in [9.17, 15) is 4.79 Å². The number of rotatable bonds is 2. The van der Waals surface area contributed by atoms with E-state index in [4.69, 9.17) is 16.3 Å². The van der Waals surface area contributed by atoms with Gasteiger partial charge in [0.1, 0.15) is 0 Å². The van der Waals surface area contributed by atoms with Crippen LogP contribution in [0.1, 0.15) is 5.56 Å². The van der Waals surface area contributed by atoms with Crippen LogP contribution in [-0.4, -0.2) is 18.4 Å². The first-order chi connectivity index (χ1) is 6.79. The summed E-state index contributed by atoms with van der Waals surface area (Å²) in [7, 11) is 0. The van der Waals surface area contributed by atoms with Gasteiger partial charge in [-0.1, -0.05) is 11.6 Å². The molecule has 14 heavy (non-hydrogen) atoms. The van der Waals surface area contributed by atoms with E-state index in [-0.39, 0.29) is 0 Å². The molecule has 2 rings (SSSR count). The Morgan fingerprint density at radius 3 is 2.71 bits per heavy atom. The number of hydrogen-bond donors (Lipinski definition) is 1. The summed E-state index contributed by atoms with van der Waals surface area (Å²) in [4.78, 5) is 10.4. The summed E-state index contributed by atoms with van der Waals surface area (Å²) in [6.07, 6.45) is -0.0347. The molecule has 0 radical (unpaired) electrons. The number of carbonyl (C=O) groups is 1. The fourth-order valence-electron chi connectivity index (χ4n) is 1.08. The number of hydrazone groups is 1. The lowest BCUT2D eigenvalue weighted by atomic mass is 10.2. The fraction of sp³-hybridized carbons (Fsp3) is 0.111. The highest BCUT2D eigenvalue weighted by molar-refractivity contribution is 6.30. The lowest BCUT2D eigenvalue weighted by Crippen LogP contribution is -2.23. The van der Waals surface area contributed by atoms with Crippen LogP contribution in [0.5, 0.6) is 0 Å². The molecule has 1 aliphatic heterocycles. The van der Waals surface area contributed by atoms with Crippen molar-refractivity contribution in [3.8, 4) is 0 Å². The average molecular weight is 211 g/mol. The van der Waals surface area contributed by atoms with Gasteiger partial charge in [-0.2, -0.15) is 0 Å². The molecule has 1 aromatic rings. The van der Waals surface area contributed by atoms with Gasteiger partial charge in [0, 0.05) is 10.6 Å². The molecule has 1 N–H and O–H groups in total. The maximum atomic E-state index is 10.4. The normalized spacial score (nSPS) is 19.5. The van der Waals surface area contributed by atoms with Gasteiger partial charge in [-0.15, -0.1) is 5.10 Å². The molecule has 0 saturated heterocycles. The molecule has 0 saturated carbocycles. The van der Waals surface area contributed by atoms with Crippen molar-refractivity contribution < 1.29 is 9.53 Å². The summed E-state index contributed by atoms with van der Waals surface area (Å²) in [5.74, 6) is 0.402. The smallest absolute Gasteiger partial charge is 0.242 e. The van der Waals surface area contributed by atoms with Crippen LogP contribution in [0.3, 0.4) is 0 Å². The monoisotopic (exact) mass is 210 g/mol. The zero-order chi connectivity index (χ0) is 9.97. The third-order valence-electron chi connectivity index (χ3n) is 1.75. The molecule has 1 unspecified atom stereocenters. The number of benzene rings is 1. The first-order valence-corrected chi connectivity index (χ1v) is 4.38. The lowest BCUT2D eigenvalue weighted by Gasteiger charge is -2.03. The molecule has 0 amide bonds. The molecule has 4 nitrogen and oxygen atoms in total. The molecular weight excluding hydrogens is 204 g/mol. The standard InChI is InChI=1S/C9H7ClN2O2/c10-7-3-1-6(2-4-7)9-12-11-8(5-13)14-9/h1-5,8,11H. The average Bonchev–Trinajstić information content (AvgIpc) is 2.67. The van der Waals surface area contributed by atoms with Crippen molar-refractivity contribution in [1.82, 2.24) is 5.43 Å². The van der Waals surface area contributed by atoms with Gasteiger partial charge in [-0.25, -0.2) is 0 Å². The van der Waals surface area contributed by atoms with Crippen LogP contribution in [-0.2, 0) is 9.53 Å². The summed E-state index contributed by atoms with van der Waals surface area (Å²) >= 11 is 5.72. The maximum absolute atomic E-state index is 10.4. The van der Waals surface area contributed by atoms with Crippen LogP contribution < -0.4 is 5.43 Å². The Morgan fingerprint density at radius 2 is 2.14 bits per heavy atom. The molecular formula is C9H7ClN2O2. The van der Waals surface area contributed by atoms with Crippen LogP contribution in [0.2, 0.25) is 5.02 Å². The Bertz CT molecular complexity index is 375. The van der Waals surface area contributed by atoms with Gasteiger partial charge in [0.25, 0.3) is 0 Å². The molecule has 1 aromatic carbocycles. The minimum Gasteiger partial charge on any atom is -0.444 e. The minimum atomic E-state index is -0.680. The molecule has 0 aliphatic carbocycles. The van der Waals surface area contributed by atoms with E-state index in [0.717, 1.165) is 5.56 Å². The first kappa shape index (κ1) is 9.02. The fourth-order valence-corrected chi connectivity index (χ4v) is 1.20. The van der Waals surface area contributed by atoms with Crippen molar-refractivity contribution >= 4 is 23.8 Å². The molecule has 1 aliphatic rings. The highest BCUT2D eigenvalue weighted by Gasteiger charge is 2.18. The maximum Gasteiger partial charge on any atom is 0.242 e. The molecule has 0 aromatic heterocycles. The highest BCUT2D eigenvalue weighted by Crippen LogP contribution is 2.12. The summed E-state index contributed by atoms with van der Waals surface area (Å²) in [6, 6.07) is 7.01. The molecule has 0 bridgehead atoms. The molecule has 0 fully saturated rings. The SMILES string of the molecule is O=CC1NN=C(c2ccc(Cl)cc2)O1. The Kier molecular flexibility index (Phi) is 2.37. The van der Waals surface area contributed by atoms with Gasteiger partial charge in [-0.3, -0.25) is 10.2 Å². The van der Waals surface area contributed by atoms with E-state index in [1.54, 1.807) is 24.3 Å². The van der Waals surface area contributed by atoms with Crippen LogP contribution in [0.15, 0.2) is 29.4 Å². The van der Waals surface area contributed by atoms with E-state index in [1.807, 2.05) is 0 Å². The lowest BCUT2D eigenvalue weighted by molar-refractivity contribution is -0.114. The second kappa shape index (κ2) is 3.67. The van der Waals surface area contributed by atoms with Crippen LogP contribution in [0.25, 0.3) is 0 Å². The predicted molar refractivity (Wildman–Crippen MR) is 52.1 cm³/mol. The second-order valence-corrected chi connectivity index (χ2v) is 3.16. The van der Waals surface area contributed by atoms with E-state index in [0.29, 0.717) is 17.2 Å². The third-order valence-corrected chi connectivity index (χ3v) is 2.00.